The topological polar surface area (TPSA) is 45.6 Å². The van der Waals surface area contributed by atoms with Crippen LogP contribution in [0.2, 0.25) is 0 Å². The van der Waals surface area contributed by atoms with E-state index >= 15 is 0 Å². The smallest absolute Gasteiger partial charge is 0.123 e. The fourth-order valence-corrected chi connectivity index (χ4v) is 3.61. The Morgan fingerprint density at radius 2 is 1.92 bits per heavy atom. The van der Waals surface area contributed by atoms with Crippen LogP contribution in [0.5, 0.6) is 5.75 Å². The summed E-state index contributed by atoms with van der Waals surface area (Å²) in [6.45, 7) is 2.69. The van der Waals surface area contributed by atoms with E-state index in [1.807, 2.05) is 25.2 Å². The van der Waals surface area contributed by atoms with Gasteiger partial charge in [-0.2, -0.15) is 0 Å². The third kappa shape index (κ3) is 4.54. The Bertz CT molecular complexity index is 789. The van der Waals surface area contributed by atoms with Crippen molar-refractivity contribution in [2.75, 3.05) is 20.2 Å². The lowest BCUT2D eigenvalue weighted by Gasteiger charge is -2.25. The second-order valence-corrected chi connectivity index (χ2v) is 7.12. The Hall–Kier alpha value is -2.02. The van der Waals surface area contributed by atoms with E-state index in [-0.39, 0.29) is 18.5 Å². The van der Waals surface area contributed by atoms with Crippen LogP contribution in [-0.4, -0.2) is 41.3 Å². The lowest BCUT2D eigenvalue weighted by molar-refractivity contribution is 0.0653. The minimum Gasteiger partial charge on any atom is -0.491 e. The number of likely N-dealkylation sites (N-methyl/N-ethyl adjacent to an activating group) is 1. The molecule has 3 aromatic rings. The molecule has 1 aromatic heterocycles. The molecule has 2 atom stereocenters. The van der Waals surface area contributed by atoms with Crippen LogP contribution in [0.15, 0.2) is 48.5 Å². The zero-order valence-corrected chi connectivity index (χ0v) is 15.0. The number of thiazole rings is 1. The van der Waals surface area contributed by atoms with Crippen LogP contribution < -0.4 is 4.74 Å². The predicted molar refractivity (Wildman–Crippen MR) is 98.6 cm³/mol. The van der Waals surface area contributed by atoms with Gasteiger partial charge < -0.3 is 9.84 Å². The normalized spacial score (nSPS) is 14.0. The molecule has 2 aromatic carbocycles. The molecule has 0 saturated carbocycles. The highest BCUT2D eigenvalue weighted by Gasteiger charge is 2.19. The van der Waals surface area contributed by atoms with Gasteiger partial charge in [-0.05, 0) is 50.4 Å². The van der Waals surface area contributed by atoms with Gasteiger partial charge in [-0.25, -0.2) is 9.37 Å². The summed E-state index contributed by atoms with van der Waals surface area (Å²) in [4.78, 5) is 6.72. The summed E-state index contributed by atoms with van der Waals surface area (Å²) in [7, 11) is 1.96. The number of aliphatic hydroxyl groups is 1. The lowest BCUT2D eigenvalue weighted by Crippen LogP contribution is -2.34. The summed E-state index contributed by atoms with van der Waals surface area (Å²) in [5, 5.41) is 11.2. The molecule has 1 heterocycles. The average Bonchev–Trinajstić information content (AvgIpc) is 3.04. The standard InChI is InChI=1S/C19H21FN2O2S/c1-13(19-21-17-5-3-4-6-18(17)25-19)22(2)11-15(23)12-24-16-9-7-14(20)8-10-16/h3-10,13,15,23H,11-12H2,1-2H3/t13-,15-/m0/s1. The monoisotopic (exact) mass is 360 g/mol. The van der Waals surface area contributed by atoms with Gasteiger partial charge in [0, 0.05) is 6.54 Å². The van der Waals surface area contributed by atoms with Crippen molar-refractivity contribution in [3.8, 4) is 5.75 Å². The summed E-state index contributed by atoms with van der Waals surface area (Å²) in [5.41, 5.74) is 1.00. The van der Waals surface area contributed by atoms with Gasteiger partial charge in [-0.3, -0.25) is 4.90 Å². The van der Waals surface area contributed by atoms with Crippen molar-refractivity contribution in [3.05, 3.63) is 59.4 Å². The van der Waals surface area contributed by atoms with E-state index in [0.29, 0.717) is 12.3 Å². The van der Waals surface area contributed by atoms with Crippen molar-refractivity contribution in [3.63, 3.8) is 0 Å². The molecule has 0 bridgehead atoms. The molecule has 0 aliphatic carbocycles. The fraction of sp³-hybridized carbons (Fsp3) is 0.316. The van der Waals surface area contributed by atoms with Crippen molar-refractivity contribution in [1.29, 1.82) is 0 Å². The Balaban J connectivity index is 1.54. The molecule has 0 aliphatic rings. The second-order valence-electron chi connectivity index (χ2n) is 6.05. The van der Waals surface area contributed by atoms with E-state index in [1.165, 1.54) is 12.1 Å². The van der Waals surface area contributed by atoms with E-state index in [1.54, 1.807) is 23.5 Å². The van der Waals surface area contributed by atoms with Crippen molar-refractivity contribution in [2.45, 2.75) is 19.1 Å². The number of halogens is 1. The number of hydrogen-bond donors (Lipinski definition) is 1. The summed E-state index contributed by atoms with van der Waals surface area (Å²) in [6.07, 6.45) is -0.646. The first-order chi connectivity index (χ1) is 12.0. The minimum absolute atomic E-state index is 0.0953. The third-order valence-corrected chi connectivity index (χ3v) is 5.29. The van der Waals surface area contributed by atoms with E-state index in [9.17, 15) is 9.50 Å². The predicted octanol–water partition coefficient (Wildman–Crippen LogP) is 3.87. The second kappa shape index (κ2) is 7.91. The molecule has 3 rings (SSSR count). The number of para-hydroxylation sites is 1. The first kappa shape index (κ1) is 17.8. The average molecular weight is 360 g/mol. The number of ether oxygens (including phenoxy) is 1. The third-order valence-electron chi connectivity index (χ3n) is 4.08. The van der Waals surface area contributed by atoms with Crippen LogP contribution in [-0.2, 0) is 0 Å². The number of aromatic nitrogens is 1. The fourth-order valence-electron chi connectivity index (χ4n) is 2.52. The van der Waals surface area contributed by atoms with Gasteiger partial charge in [0.2, 0.25) is 0 Å². The first-order valence-electron chi connectivity index (χ1n) is 8.15. The van der Waals surface area contributed by atoms with Gasteiger partial charge in [0.05, 0.1) is 16.3 Å². The molecule has 0 aliphatic heterocycles. The van der Waals surface area contributed by atoms with Crippen LogP contribution in [0, 0.1) is 5.82 Å². The van der Waals surface area contributed by atoms with Gasteiger partial charge in [0.25, 0.3) is 0 Å². The molecule has 0 spiro atoms. The number of fused-ring (bicyclic) bond motifs is 1. The molecular weight excluding hydrogens is 339 g/mol. The largest absolute Gasteiger partial charge is 0.491 e. The van der Waals surface area contributed by atoms with Gasteiger partial charge in [0.15, 0.2) is 0 Å². The molecular formula is C19H21FN2O2S. The first-order valence-corrected chi connectivity index (χ1v) is 8.96. The van der Waals surface area contributed by atoms with Gasteiger partial charge in [-0.1, -0.05) is 12.1 Å². The molecule has 0 amide bonds. The highest BCUT2D eigenvalue weighted by molar-refractivity contribution is 7.18. The number of benzene rings is 2. The quantitative estimate of drug-likeness (QED) is 0.695. The maximum atomic E-state index is 12.9. The van der Waals surface area contributed by atoms with Crippen LogP contribution in [0.3, 0.4) is 0 Å². The maximum absolute atomic E-state index is 12.9. The number of hydrogen-bond acceptors (Lipinski definition) is 5. The molecule has 132 valence electrons. The van der Waals surface area contributed by atoms with Crippen molar-refractivity contribution in [1.82, 2.24) is 9.88 Å². The van der Waals surface area contributed by atoms with Gasteiger partial charge in [-0.15, -0.1) is 11.3 Å². The number of nitrogens with zero attached hydrogens (tertiary/aromatic N) is 2. The van der Waals surface area contributed by atoms with Crippen molar-refractivity contribution in [2.24, 2.45) is 0 Å². The van der Waals surface area contributed by atoms with E-state index in [4.69, 9.17) is 4.74 Å². The van der Waals surface area contributed by atoms with E-state index in [0.717, 1.165) is 15.2 Å². The highest BCUT2D eigenvalue weighted by Crippen LogP contribution is 2.28. The zero-order valence-electron chi connectivity index (χ0n) is 14.2. The Labute approximate surface area is 150 Å². The van der Waals surface area contributed by atoms with Crippen LogP contribution in [0.25, 0.3) is 10.2 Å². The summed E-state index contributed by atoms with van der Waals surface area (Å²) < 4.78 is 19.5. The van der Waals surface area contributed by atoms with Crippen LogP contribution in [0.1, 0.15) is 18.0 Å². The summed E-state index contributed by atoms with van der Waals surface area (Å²) in [5.74, 6) is 0.236. The van der Waals surface area contributed by atoms with E-state index < -0.39 is 6.10 Å². The van der Waals surface area contributed by atoms with Crippen LogP contribution >= 0.6 is 11.3 Å². The Morgan fingerprint density at radius 1 is 1.20 bits per heavy atom. The minimum atomic E-state index is -0.646. The van der Waals surface area contributed by atoms with E-state index in [2.05, 4.69) is 22.9 Å². The molecule has 6 heteroatoms. The van der Waals surface area contributed by atoms with Gasteiger partial charge in [0.1, 0.15) is 29.3 Å². The maximum Gasteiger partial charge on any atom is 0.123 e. The Kier molecular flexibility index (Phi) is 5.63. The summed E-state index contributed by atoms with van der Waals surface area (Å²) >= 11 is 1.67. The molecule has 25 heavy (non-hydrogen) atoms. The molecule has 1 N–H and O–H groups in total. The highest BCUT2D eigenvalue weighted by atomic mass is 32.1. The molecule has 0 unspecified atom stereocenters. The van der Waals surface area contributed by atoms with Crippen LogP contribution in [0.4, 0.5) is 4.39 Å². The van der Waals surface area contributed by atoms with Gasteiger partial charge >= 0.3 is 0 Å². The number of aliphatic hydroxyl groups excluding tert-OH is 1. The SMILES string of the molecule is C[C@@H](c1nc2ccccc2s1)N(C)C[C@H](O)COc1ccc(F)cc1. The zero-order chi connectivity index (χ0) is 17.8. The Morgan fingerprint density at radius 3 is 2.64 bits per heavy atom. The van der Waals surface area contributed by atoms with Crippen molar-refractivity contribution < 1.29 is 14.2 Å². The summed E-state index contributed by atoms with van der Waals surface area (Å²) in [6, 6.07) is 13.9. The molecule has 0 radical (unpaired) electrons. The molecule has 0 fully saturated rings. The molecule has 0 saturated heterocycles. The lowest BCUT2D eigenvalue weighted by atomic mass is 10.2. The van der Waals surface area contributed by atoms with Crippen molar-refractivity contribution >= 4 is 21.6 Å². The number of rotatable bonds is 7. The molecule has 4 nitrogen and oxygen atoms in total.